The van der Waals surface area contributed by atoms with E-state index in [0.29, 0.717) is 17.7 Å². The molecule has 0 radical (unpaired) electrons. The molecular formula is C19H18ClN6O5S2+. The number of carboxylic acids is 1. The molecule has 0 bridgehead atoms. The maximum absolute atomic E-state index is 12.9. The number of rotatable bonds is 6. The first kappa shape index (κ1) is 23.0. The first-order chi connectivity index (χ1) is 15.7. The van der Waals surface area contributed by atoms with Gasteiger partial charge in [-0.1, -0.05) is 39.9 Å². The van der Waals surface area contributed by atoms with E-state index in [4.69, 9.17) is 17.3 Å². The van der Waals surface area contributed by atoms with E-state index in [-0.39, 0.29) is 20.9 Å². The van der Waals surface area contributed by atoms with Crippen molar-refractivity contribution in [2.75, 3.05) is 5.73 Å². The molecule has 1 saturated heterocycles. The van der Waals surface area contributed by atoms with E-state index in [1.165, 1.54) is 16.7 Å². The summed E-state index contributed by atoms with van der Waals surface area (Å²) in [6, 6.07) is 2.19. The molecule has 2 aliphatic rings. The van der Waals surface area contributed by atoms with Gasteiger partial charge < -0.3 is 21.4 Å². The molecule has 2 atom stereocenters. The quantitative estimate of drug-likeness (QED) is 0.147. The Morgan fingerprint density at radius 1 is 1.48 bits per heavy atom. The Hall–Kier alpha value is -3.16. The van der Waals surface area contributed by atoms with Crippen LogP contribution in [0.15, 0.2) is 45.2 Å². The fourth-order valence-electron chi connectivity index (χ4n) is 3.76. The van der Waals surface area contributed by atoms with Crippen molar-refractivity contribution in [2.24, 2.45) is 12.2 Å². The molecule has 0 aromatic carbocycles. The Morgan fingerprint density at radius 2 is 2.24 bits per heavy atom. The van der Waals surface area contributed by atoms with E-state index in [0.717, 1.165) is 16.2 Å². The Balaban J connectivity index is 1.54. The zero-order valence-corrected chi connectivity index (χ0v) is 19.4. The number of allylic oxidation sites excluding steroid dienone is 1. The number of fused-ring (bicyclic) bond motifs is 1. The fraction of sp³-hybridized carbons (Fsp3) is 0.263. The SMILES string of the molecule is C[n+]1cccc(SC2=C(C(=O)O)N3C(=O)[C@@H](NC(=O)/C(=N\O)c4nc(N)sc4Cl)C3CC2)c1. The summed E-state index contributed by atoms with van der Waals surface area (Å²) in [4.78, 5) is 44.0. The number of aliphatic carboxylic acids is 1. The van der Waals surface area contributed by atoms with Crippen LogP contribution in [0.2, 0.25) is 4.34 Å². The van der Waals surface area contributed by atoms with Gasteiger partial charge >= 0.3 is 5.97 Å². The highest BCUT2D eigenvalue weighted by Gasteiger charge is 2.54. The van der Waals surface area contributed by atoms with Crippen molar-refractivity contribution >= 4 is 63.3 Å². The number of amides is 2. The Kier molecular flexibility index (Phi) is 6.28. The number of nitrogens with one attached hydrogen (secondary N) is 1. The summed E-state index contributed by atoms with van der Waals surface area (Å²) in [5.41, 5.74) is 4.88. The van der Waals surface area contributed by atoms with Gasteiger partial charge in [-0.2, -0.15) is 0 Å². The lowest BCUT2D eigenvalue weighted by molar-refractivity contribution is -0.673. The number of carbonyl (C=O) groups excluding carboxylic acids is 2. The molecule has 14 heteroatoms. The van der Waals surface area contributed by atoms with Gasteiger partial charge in [-0.15, -0.1) is 0 Å². The molecule has 4 rings (SSSR count). The summed E-state index contributed by atoms with van der Waals surface area (Å²) < 4.78 is 1.90. The third kappa shape index (κ3) is 4.26. The van der Waals surface area contributed by atoms with Gasteiger partial charge in [0.2, 0.25) is 0 Å². The maximum Gasteiger partial charge on any atom is 0.353 e. The van der Waals surface area contributed by atoms with E-state index < -0.39 is 35.6 Å². The van der Waals surface area contributed by atoms with Crippen molar-refractivity contribution in [3.05, 3.63) is 45.2 Å². The van der Waals surface area contributed by atoms with Gasteiger partial charge in [0.25, 0.3) is 11.8 Å². The number of oxime groups is 1. The van der Waals surface area contributed by atoms with E-state index >= 15 is 0 Å². The first-order valence-electron chi connectivity index (χ1n) is 9.59. The molecule has 172 valence electrons. The molecule has 5 N–H and O–H groups in total. The molecule has 2 amide bonds. The second-order valence-electron chi connectivity index (χ2n) is 7.27. The van der Waals surface area contributed by atoms with Crippen LogP contribution in [0.4, 0.5) is 5.13 Å². The molecular weight excluding hydrogens is 492 g/mol. The van der Waals surface area contributed by atoms with E-state index in [1.807, 2.05) is 36.1 Å². The molecule has 1 fully saturated rings. The molecule has 4 heterocycles. The molecule has 0 saturated carbocycles. The van der Waals surface area contributed by atoms with Gasteiger partial charge in [0, 0.05) is 11.0 Å². The number of pyridine rings is 1. The van der Waals surface area contributed by atoms with Crippen molar-refractivity contribution in [1.29, 1.82) is 0 Å². The molecule has 33 heavy (non-hydrogen) atoms. The van der Waals surface area contributed by atoms with E-state index in [1.54, 1.807) is 0 Å². The fourth-order valence-corrected chi connectivity index (χ4v) is 5.84. The third-order valence-corrected chi connectivity index (χ3v) is 7.38. The molecule has 0 spiro atoms. The average molecular weight is 510 g/mol. The summed E-state index contributed by atoms with van der Waals surface area (Å²) in [5.74, 6) is -2.66. The van der Waals surface area contributed by atoms with E-state index in [9.17, 15) is 24.7 Å². The Labute approximate surface area is 200 Å². The zero-order chi connectivity index (χ0) is 23.9. The zero-order valence-electron chi connectivity index (χ0n) is 17.1. The standard InChI is InChI=1S/C19H17ClN6O5S2/c1-25-6-2-3-8(7-25)32-10-5-4-9-11(17(28)26(9)14(10)18(29)30)22-16(27)13(24-31)12-15(20)33-19(21)23-12/h2-3,6-7,9,11H,4-5H2,1H3,(H4-,21,22,23,27,29,30,31)/p+1/t9?,11-/m0/s1. The van der Waals surface area contributed by atoms with Gasteiger partial charge in [0.15, 0.2) is 23.2 Å². The number of hydrogen-bond acceptors (Lipinski definition) is 9. The minimum atomic E-state index is -1.22. The summed E-state index contributed by atoms with van der Waals surface area (Å²) in [7, 11) is 1.86. The lowest BCUT2D eigenvalue weighted by Gasteiger charge is -2.50. The Morgan fingerprint density at radius 3 is 2.85 bits per heavy atom. The second kappa shape index (κ2) is 9.00. The van der Waals surface area contributed by atoms with E-state index in [2.05, 4.69) is 15.5 Å². The molecule has 11 nitrogen and oxygen atoms in total. The number of aromatic nitrogens is 2. The van der Waals surface area contributed by atoms with Crippen molar-refractivity contribution in [3.8, 4) is 0 Å². The monoisotopic (exact) mass is 509 g/mol. The number of aryl methyl sites for hydroxylation is 1. The Bertz CT molecular complexity index is 1230. The van der Waals surface area contributed by atoms with Crippen molar-refractivity contribution in [1.82, 2.24) is 15.2 Å². The van der Waals surface area contributed by atoms with Crippen LogP contribution >= 0.6 is 34.7 Å². The van der Waals surface area contributed by atoms with Crippen LogP contribution < -0.4 is 15.6 Å². The molecule has 1 unspecified atom stereocenters. The lowest BCUT2D eigenvalue weighted by Crippen LogP contribution is -2.72. The number of thiazole rings is 1. The predicted molar refractivity (Wildman–Crippen MR) is 120 cm³/mol. The number of halogens is 1. The minimum Gasteiger partial charge on any atom is -0.477 e. The topological polar surface area (TPSA) is 162 Å². The van der Waals surface area contributed by atoms with Crippen molar-refractivity contribution in [3.63, 3.8) is 0 Å². The van der Waals surface area contributed by atoms with Crippen LogP contribution in [0.5, 0.6) is 0 Å². The van der Waals surface area contributed by atoms with Crippen LogP contribution in [0.3, 0.4) is 0 Å². The van der Waals surface area contributed by atoms with Gasteiger partial charge in [-0.3, -0.25) is 14.5 Å². The van der Waals surface area contributed by atoms with Gasteiger partial charge in [-0.05, 0) is 18.9 Å². The average Bonchev–Trinajstić information content (AvgIpc) is 3.09. The third-order valence-electron chi connectivity index (χ3n) is 5.18. The predicted octanol–water partition coefficient (Wildman–Crippen LogP) is 0.959. The normalized spacial score (nSPS) is 20.4. The first-order valence-corrected chi connectivity index (χ1v) is 11.6. The van der Waals surface area contributed by atoms with Gasteiger partial charge in [-0.25, -0.2) is 14.3 Å². The summed E-state index contributed by atoms with van der Waals surface area (Å²) in [6.45, 7) is 0. The molecule has 2 aromatic heterocycles. The summed E-state index contributed by atoms with van der Waals surface area (Å²) in [6.07, 6.45) is 4.58. The van der Waals surface area contributed by atoms with Crippen molar-refractivity contribution in [2.45, 2.75) is 29.8 Å². The van der Waals surface area contributed by atoms with Crippen LogP contribution in [0.1, 0.15) is 18.5 Å². The van der Waals surface area contributed by atoms with Gasteiger partial charge in [0.05, 0.1) is 10.9 Å². The number of hydrogen-bond donors (Lipinski definition) is 4. The van der Waals surface area contributed by atoms with Crippen LogP contribution in [-0.4, -0.2) is 55.8 Å². The van der Waals surface area contributed by atoms with Crippen LogP contribution in [-0.2, 0) is 21.4 Å². The van der Waals surface area contributed by atoms with Crippen LogP contribution in [0, 0.1) is 0 Å². The highest BCUT2D eigenvalue weighted by Crippen LogP contribution is 2.43. The smallest absolute Gasteiger partial charge is 0.353 e. The van der Waals surface area contributed by atoms with Crippen molar-refractivity contribution < 1.29 is 29.3 Å². The number of nitrogens with zero attached hydrogens (tertiary/aromatic N) is 4. The number of carbonyl (C=O) groups is 3. The highest BCUT2D eigenvalue weighted by molar-refractivity contribution is 8.03. The number of nitrogen functional groups attached to an aromatic ring is 1. The number of thioether (sulfide) groups is 1. The summed E-state index contributed by atoms with van der Waals surface area (Å²) in [5, 5.41) is 24.7. The lowest BCUT2D eigenvalue weighted by atomic mass is 9.86. The van der Waals surface area contributed by atoms with Gasteiger partial charge in [0.1, 0.15) is 28.8 Å². The highest BCUT2D eigenvalue weighted by atomic mass is 35.5. The number of nitrogens with two attached hydrogens (primary N) is 1. The summed E-state index contributed by atoms with van der Waals surface area (Å²) >= 11 is 8.18. The number of β-lactam (4-membered cyclic amide) rings is 1. The largest absolute Gasteiger partial charge is 0.477 e. The molecule has 0 aliphatic carbocycles. The molecule has 2 aliphatic heterocycles. The number of anilines is 1. The maximum atomic E-state index is 12.9. The number of carboxylic acid groups (broad SMARTS) is 1. The van der Waals surface area contributed by atoms with Crippen LogP contribution in [0.25, 0.3) is 0 Å². The molecule has 2 aromatic rings. The second-order valence-corrected chi connectivity index (χ2v) is 10.1. The minimum absolute atomic E-state index is 0.0572.